The summed E-state index contributed by atoms with van der Waals surface area (Å²) in [5.74, 6) is 0. The lowest BCUT2D eigenvalue weighted by Crippen LogP contribution is -1.73. The van der Waals surface area contributed by atoms with Crippen LogP contribution in [0.1, 0.15) is 12.5 Å². The molecule has 0 nitrogen and oxygen atoms in total. The molecule has 82 valence electrons. The van der Waals surface area contributed by atoms with Gasteiger partial charge in [0.05, 0.1) is 0 Å². The Bertz CT molecular complexity index is 322. The Balaban J connectivity index is 0.000000160. The molecule has 0 bridgehead atoms. The van der Waals surface area contributed by atoms with E-state index in [2.05, 4.69) is 31.2 Å². The minimum atomic E-state index is 1.14. The molecular weight excluding hydrogens is 192 g/mol. The minimum absolute atomic E-state index is 1.14. The summed E-state index contributed by atoms with van der Waals surface area (Å²) in [6.07, 6.45) is 17.1. The van der Waals surface area contributed by atoms with Crippen molar-refractivity contribution in [1.82, 2.24) is 0 Å². The van der Waals surface area contributed by atoms with Crippen molar-refractivity contribution in [3.05, 3.63) is 84.5 Å². The lowest BCUT2D eigenvalue weighted by Gasteiger charge is -1.89. The summed E-state index contributed by atoms with van der Waals surface area (Å²) in [6, 6.07) is 10.5. The molecule has 0 radical (unpaired) electrons. The lowest BCUT2D eigenvalue weighted by atomic mass is 10.2. The van der Waals surface area contributed by atoms with E-state index in [1.165, 1.54) is 5.56 Å². The first kappa shape index (κ1) is 12.3. The number of benzene rings is 1. The van der Waals surface area contributed by atoms with Crippen molar-refractivity contribution in [2.24, 2.45) is 0 Å². The van der Waals surface area contributed by atoms with Gasteiger partial charge in [0, 0.05) is 0 Å². The van der Waals surface area contributed by atoms with Crippen molar-refractivity contribution in [2.45, 2.75) is 13.3 Å². The molecule has 0 aliphatic heterocycles. The van der Waals surface area contributed by atoms with E-state index in [-0.39, 0.29) is 0 Å². The van der Waals surface area contributed by atoms with E-state index in [4.69, 9.17) is 0 Å². The Morgan fingerprint density at radius 2 is 1.00 bits per heavy atom. The summed E-state index contributed by atoms with van der Waals surface area (Å²) in [7, 11) is 0. The summed E-state index contributed by atoms with van der Waals surface area (Å²) in [5, 5.41) is 0. The average molecular weight is 210 g/mol. The third-order valence-electron chi connectivity index (χ3n) is 2.14. The molecule has 0 spiro atoms. The Hall–Kier alpha value is -1.82. The van der Waals surface area contributed by atoms with Gasteiger partial charge in [0.1, 0.15) is 0 Å². The maximum atomic E-state index is 2.16. The van der Waals surface area contributed by atoms with Gasteiger partial charge in [0.15, 0.2) is 0 Å². The summed E-state index contributed by atoms with van der Waals surface area (Å²) in [6.45, 7) is 2.16. The highest BCUT2D eigenvalue weighted by molar-refractivity contribution is 5.23. The van der Waals surface area contributed by atoms with Gasteiger partial charge in [-0.3, -0.25) is 0 Å². The number of allylic oxidation sites excluding steroid dienone is 8. The fourth-order valence-electron chi connectivity index (χ4n) is 1.23. The monoisotopic (exact) mass is 210 g/mol. The molecule has 0 N–H and O–H groups in total. The van der Waals surface area contributed by atoms with Crippen molar-refractivity contribution < 1.29 is 0 Å². The Morgan fingerprint density at radius 3 is 1.25 bits per heavy atom. The highest BCUT2D eigenvalue weighted by atomic mass is 13.9. The molecule has 1 aliphatic rings. The van der Waals surface area contributed by atoms with E-state index in [0.717, 1.165) is 6.42 Å². The molecule has 0 saturated heterocycles. The van der Waals surface area contributed by atoms with Gasteiger partial charge in [0.25, 0.3) is 0 Å². The second kappa shape index (κ2) is 8.49. The van der Waals surface area contributed by atoms with Crippen LogP contribution in [-0.4, -0.2) is 0 Å². The first-order valence-electron chi connectivity index (χ1n) is 5.64. The van der Waals surface area contributed by atoms with Crippen molar-refractivity contribution in [1.29, 1.82) is 0 Å². The molecule has 0 fully saturated rings. The van der Waals surface area contributed by atoms with Gasteiger partial charge in [-0.05, 0) is 12.0 Å². The highest BCUT2D eigenvalue weighted by Crippen LogP contribution is 1.96. The molecule has 0 heterocycles. The molecule has 2 rings (SSSR count). The molecule has 0 unspecified atom stereocenters. The topological polar surface area (TPSA) is 0 Å². The van der Waals surface area contributed by atoms with Crippen LogP contribution in [0.25, 0.3) is 0 Å². The SMILES string of the molecule is C1=C/C=C\C=C/C=C1.CCc1ccccc1. The van der Waals surface area contributed by atoms with E-state index >= 15 is 0 Å². The fraction of sp³-hybridized carbons (Fsp3) is 0.125. The van der Waals surface area contributed by atoms with Crippen LogP contribution in [0.15, 0.2) is 78.9 Å². The van der Waals surface area contributed by atoms with E-state index in [1.807, 2.05) is 54.7 Å². The second-order valence-corrected chi connectivity index (χ2v) is 3.38. The molecule has 0 saturated carbocycles. The van der Waals surface area contributed by atoms with Crippen molar-refractivity contribution in [3.63, 3.8) is 0 Å². The normalized spacial score (nSPS) is 16.6. The van der Waals surface area contributed by atoms with Crippen LogP contribution in [0.3, 0.4) is 0 Å². The first-order valence-corrected chi connectivity index (χ1v) is 5.64. The van der Waals surface area contributed by atoms with Crippen LogP contribution >= 0.6 is 0 Å². The number of rotatable bonds is 1. The summed E-state index contributed by atoms with van der Waals surface area (Å²) < 4.78 is 0. The average Bonchev–Trinajstić information content (AvgIpc) is 2.30. The molecule has 1 aromatic rings. The molecule has 0 amide bonds. The summed E-state index contributed by atoms with van der Waals surface area (Å²) >= 11 is 0. The van der Waals surface area contributed by atoms with E-state index in [1.54, 1.807) is 0 Å². The van der Waals surface area contributed by atoms with Gasteiger partial charge in [-0.25, -0.2) is 0 Å². The largest absolute Gasteiger partial charge is 0.0623 e. The maximum absolute atomic E-state index is 2.16. The zero-order chi connectivity index (χ0) is 11.5. The third-order valence-corrected chi connectivity index (χ3v) is 2.14. The smallest absolute Gasteiger partial charge is 0.0307 e. The molecular formula is C16H18. The standard InChI is InChI=1S/C8H10.C8H8/c1-2-8-6-4-3-5-7-8;1-2-4-6-8-7-5-3-1/h3-7H,2H2,1H3;1-8H/b;2-1-,3-1?,4-2?,5-3-,6-4?,7-5?,8-6?,8-7?. The van der Waals surface area contributed by atoms with Crippen LogP contribution in [0.2, 0.25) is 0 Å². The van der Waals surface area contributed by atoms with E-state index in [9.17, 15) is 0 Å². The van der Waals surface area contributed by atoms with Crippen LogP contribution in [-0.2, 0) is 6.42 Å². The van der Waals surface area contributed by atoms with Gasteiger partial charge >= 0.3 is 0 Å². The molecule has 1 aromatic carbocycles. The van der Waals surface area contributed by atoms with Gasteiger partial charge in [-0.15, -0.1) is 0 Å². The molecule has 1 aliphatic carbocycles. The van der Waals surface area contributed by atoms with Crippen LogP contribution in [0.5, 0.6) is 0 Å². The predicted octanol–water partition coefficient (Wildman–Crippen LogP) is 4.47. The Kier molecular flexibility index (Phi) is 6.50. The zero-order valence-corrected chi connectivity index (χ0v) is 9.71. The molecule has 16 heavy (non-hydrogen) atoms. The minimum Gasteiger partial charge on any atom is -0.0623 e. The number of aryl methyl sites for hydroxylation is 1. The Labute approximate surface area is 98.3 Å². The first-order chi connectivity index (χ1) is 7.93. The summed E-state index contributed by atoms with van der Waals surface area (Å²) in [5.41, 5.74) is 1.41. The van der Waals surface area contributed by atoms with Crippen LogP contribution in [0.4, 0.5) is 0 Å². The molecule has 0 aromatic heterocycles. The van der Waals surface area contributed by atoms with Crippen molar-refractivity contribution >= 4 is 0 Å². The third kappa shape index (κ3) is 5.82. The van der Waals surface area contributed by atoms with Crippen LogP contribution in [0, 0.1) is 0 Å². The van der Waals surface area contributed by atoms with E-state index < -0.39 is 0 Å². The van der Waals surface area contributed by atoms with Gasteiger partial charge in [0.2, 0.25) is 0 Å². The molecule has 0 atom stereocenters. The Morgan fingerprint density at radius 1 is 0.625 bits per heavy atom. The number of hydrogen-bond acceptors (Lipinski definition) is 0. The van der Waals surface area contributed by atoms with Gasteiger partial charge in [-0.2, -0.15) is 0 Å². The van der Waals surface area contributed by atoms with Gasteiger partial charge < -0.3 is 0 Å². The summed E-state index contributed by atoms with van der Waals surface area (Å²) in [4.78, 5) is 0. The maximum Gasteiger partial charge on any atom is -0.0307 e. The van der Waals surface area contributed by atoms with Crippen LogP contribution < -0.4 is 0 Å². The fourth-order valence-corrected chi connectivity index (χ4v) is 1.23. The molecule has 0 heteroatoms. The second-order valence-electron chi connectivity index (χ2n) is 3.38. The quantitative estimate of drug-likeness (QED) is 0.641. The van der Waals surface area contributed by atoms with Crippen molar-refractivity contribution in [2.75, 3.05) is 0 Å². The van der Waals surface area contributed by atoms with Crippen molar-refractivity contribution in [3.8, 4) is 0 Å². The van der Waals surface area contributed by atoms with E-state index in [0.29, 0.717) is 0 Å². The predicted molar refractivity (Wildman–Crippen MR) is 72.4 cm³/mol. The number of hydrogen-bond donors (Lipinski definition) is 0. The van der Waals surface area contributed by atoms with Gasteiger partial charge in [-0.1, -0.05) is 85.9 Å². The zero-order valence-electron chi connectivity index (χ0n) is 9.71. The lowest BCUT2D eigenvalue weighted by molar-refractivity contribution is 1.14. The highest BCUT2D eigenvalue weighted by Gasteiger charge is 1.79.